The number of quaternary nitrogens is 1. The van der Waals surface area contributed by atoms with Gasteiger partial charge >= 0.3 is 0 Å². The maximum atomic E-state index is 13.2. The highest BCUT2D eigenvalue weighted by atomic mass is 32.2. The van der Waals surface area contributed by atoms with Crippen LogP contribution in [0.15, 0.2) is 0 Å². The molecule has 0 aromatic rings. The van der Waals surface area contributed by atoms with Gasteiger partial charge in [-0.15, -0.1) is 0 Å². The molecule has 0 aliphatic carbocycles. The monoisotopic (exact) mass is 268 g/mol. The normalized spacial score (nSPS) is 14.0. The molecule has 0 saturated heterocycles. The van der Waals surface area contributed by atoms with Crippen LogP contribution in [0.3, 0.4) is 0 Å². The summed E-state index contributed by atoms with van der Waals surface area (Å²) in [6.45, 7) is 3.79. The Kier molecular flexibility index (Phi) is 6.08. The fourth-order valence-electron chi connectivity index (χ4n) is 1.41. The first kappa shape index (κ1) is 16.8. The number of halogens is 1. The molecule has 0 radical (unpaired) electrons. The number of alkyl halides is 1. The van der Waals surface area contributed by atoms with Gasteiger partial charge in [0.1, 0.15) is 15.5 Å². The van der Waals surface area contributed by atoms with E-state index in [1.54, 1.807) is 0 Å². The van der Waals surface area contributed by atoms with Gasteiger partial charge in [0.2, 0.25) is 0 Å². The van der Waals surface area contributed by atoms with Crippen LogP contribution in [0.1, 0.15) is 33.1 Å². The van der Waals surface area contributed by atoms with Crippen molar-refractivity contribution in [2.75, 3.05) is 39.2 Å². The summed E-state index contributed by atoms with van der Waals surface area (Å²) in [6.07, 6.45) is 1.65. The molecule has 0 unspecified atom stereocenters. The summed E-state index contributed by atoms with van der Waals surface area (Å²) in [5.74, 6) is 0.143. The molecule has 0 rings (SSSR count). The molecule has 0 spiro atoms. The van der Waals surface area contributed by atoms with Crippen molar-refractivity contribution in [3.05, 3.63) is 0 Å². The van der Waals surface area contributed by atoms with Gasteiger partial charge in [0.05, 0.1) is 39.2 Å². The van der Waals surface area contributed by atoms with Crippen molar-refractivity contribution in [3.63, 3.8) is 0 Å². The minimum Gasteiger partial charge on any atom is -0.331 e. The molecule has 0 N–H and O–H groups in total. The number of sulfone groups is 1. The third-order valence-electron chi connectivity index (χ3n) is 2.54. The van der Waals surface area contributed by atoms with Gasteiger partial charge in [-0.3, -0.25) is 0 Å². The van der Waals surface area contributed by atoms with E-state index >= 15 is 0 Å². The topological polar surface area (TPSA) is 34.1 Å². The smallest absolute Gasteiger partial charge is 0.150 e. The number of unbranched alkanes of at least 4 members (excludes halogenated alkanes) is 1. The number of rotatable bonds is 8. The molecule has 0 amide bonds. The number of nitrogens with zero attached hydrogens (tertiary/aromatic N) is 1. The Morgan fingerprint density at radius 2 is 1.59 bits per heavy atom. The van der Waals surface area contributed by atoms with Crippen LogP contribution >= 0.6 is 0 Å². The van der Waals surface area contributed by atoms with Crippen LogP contribution in [0, 0.1) is 0 Å². The van der Waals surface area contributed by atoms with Crippen LogP contribution in [0.2, 0.25) is 0 Å². The summed E-state index contributed by atoms with van der Waals surface area (Å²) in [5.41, 5.74) is -1.39. The van der Waals surface area contributed by atoms with Crippen molar-refractivity contribution < 1.29 is 17.3 Å². The van der Waals surface area contributed by atoms with Crippen molar-refractivity contribution in [2.24, 2.45) is 0 Å². The molecule has 0 saturated carbocycles. The highest BCUT2D eigenvalue weighted by Crippen LogP contribution is 2.15. The van der Waals surface area contributed by atoms with E-state index in [1.807, 2.05) is 0 Å². The fraction of sp³-hybridized carbons (Fsp3) is 1.00. The lowest BCUT2D eigenvalue weighted by atomic mass is 10.1. The highest BCUT2D eigenvalue weighted by molar-refractivity contribution is 7.91. The molecule has 0 aromatic carbocycles. The van der Waals surface area contributed by atoms with Crippen LogP contribution in [0.25, 0.3) is 0 Å². The lowest BCUT2D eigenvalue weighted by Gasteiger charge is -2.23. The molecule has 104 valence electrons. The molecule has 0 heterocycles. The second-order valence-electron chi connectivity index (χ2n) is 6.34. The third kappa shape index (κ3) is 12.1. The van der Waals surface area contributed by atoms with Crippen molar-refractivity contribution in [2.45, 2.75) is 38.8 Å². The average Bonchev–Trinajstić information content (AvgIpc) is 2.07. The summed E-state index contributed by atoms with van der Waals surface area (Å²) in [5, 5.41) is 0. The van der Waals surface area contributed by atoms with Gasteiger partial charge in [0.25, 0.3) is 0 Å². The molecular weight excluding hydrogens is 241 g/mol. The number of hydrogen-bond donors (Lipinski definition) is 0. The van der Waals surface area contributed by atoms with E-state index in [1.165, 1.54) is 13.8 Å². The zero-order valence-electron chi connectivity index (χ0n) is 11.8. The lowest BCUT2D eigenvalue weighted by molar-refractivity contribution is -0.870. The average molecular weight is 268 g/mol. The molecule has 0 aromatic heterocycles. The number of hydrogen-bond acceptors (Lipinski definition) is 2. The summed E-state index contributed by atoms with van der Waals surface area (Å²) < 4.78 is 37.3. The molecule has 0 atom stereocenters. The van der Waals surface area contributed by atoms with Gasteiger partial charge in [-0.05, 0) is 33.1 Å². The Morgan fingerprint density at radius 1 is 1.06 bits per heavy atom. The van der Waals surface area contributed by atoms with E-state index in [-0.39, 0.29) is 17.9 Å². The molecule has 0 aliphatic rings. The molecule has 0 aliphatic heterocycles. The van der Waals surface area contributed by atoms with Gasteiger partial charge in [-0.25, -0.2) is 12.8 Å². The second-order valence-corrected chi connectivity index (χ2v) is 8.65. The molecule has 0 fully saturated rings. The van der Waals surface area contributed by atoms with E-state index in [0.717, 1.165) is 17.4 Å². The van der Waals surface area contributed by atoms with Crippen molar-refractivity contribution >= 4 is 9.84 Å². The van der Waals surface area contributed by atoms with Crippen LogP contribution < -0.4 is 0 Å². The van der Waals surface area contributed by atoms with Crippen LogP contribution in [-0.4, -0.2) is 57.8 Å². The standard InChI is InChI=1S/C12H27FNO2S/c1-12(2,13)8-11-17(15,16)10-7-6-9-14(3,4)5/h6-11H2,1-5H3/q+1. The van der Waals surface area contributed by atoms with Crippen molar-refractivity contribution in [1.29, 1.82) is 0 Å². The Balaban J connectivity index is 3.88. The Bertz CT molecular complexity index is 312. The molecule has 5 heteroatoms. The van der Waals surface area contributed by atoms with E-state index in [2.05, 4.69) is 21.1 Å². The first-order valence-electron chi connectivity index (χ1n) is 6.11. The van der Waals surface area contributed by atoms with Crippen LogP contribution in [-0.2, 0) is 9.84 Å². The van der Waals surface area contributed by atoms with Gasteiger partial charge in [0, 0.05) is 0 Å². The predicted molar refractivity (Wildman–Crippen MR) is 70.6 cm³/mol. The van der Waals surface area contributed by atoms with E-state index in [9.17, 15) is 12.8 Å². The summed E-state index contributed by atoms with van der Waals surface area (Å²) in [7, 11) is 3.17. The summed E-state index contributed by atoms with van der Waals surface area (Å²) in [4.78, 5) is 0. The van der Waals surface area contributed by atoms with E-state index in [4.69, 9.17) is 0 Å². The quantitative estimate of drug-likeness (QED) is 0.498. The SMILES string of the molecule is CC(C)(F)CCS(=O)(=O)CCCC[N+](C)(C)C. The van der Waals surface area contributed by atoms with Crippen LogP contribution in [0.4, 0.5) is 4.39 Å². The third-order valence-corrected chi connectivity index (χ3v) is 4.28. The van der Waals surface area contributed by atoms with Crippen molar-refractivity contribution in [1.82, 2.24) is 0 Å². The van der Waals surface area contributed by atoms with Gasteiger partial charge in [-0.1, -0.05) is 0 Å². The first-order valence-corrected chi connectivity index (χ1v) is 7.93. The predicted octanol–water partition coefficient (Wildman–Crippen LogP) is 2.03. The molecule has 0 bridgehead atoms. The Labute approximate surface area is 106 Å². The second kappa shape index (κ2) is 6.14. The molecule has 3 nitrogen and oxygen atoms in total. The molecular formula is C12H27FNO2S+. The zero-order chi connectivity index (χ0) is 13.7. The zero-order valence-corrected chi connectivity index (χ0v) is 12.6. The van der Waals surface area contributed by atoms with Crippen molar-refractivity contribution in [3.8, 4) is 0 Å². The van der Waals surface area contributed by atoms with Crippen LogP contribution in [0.5, 0.6) is 0 Å². The first-order chi connectivity index (χ1) is 7.41. The Hall–Kier alpha value is -0.160. The highest BCUT2D eigenvalue weighted by Gasteiger charge is 2.20. The summed E-state index contributed by atoms with van der Waals surface area (Å²) >= 11 is 0. The summed E-state index contributed by atoms with van der Waals surface area (Å²) in [6, 6.07) is 0. The van der Waals surface area contributed by atoms with Gasteiger partial charge < -0.3 is 4.48 Å². The minimum absolute atomic E-state index is 0.0408. The maximum Gasteiger partial charge on any atom is 0.150 e. The maximum absolute atomic E-state index is 13.2. The van der Waals surface area contributed by atoms with E-state index in [0.29, 0.717) is 6.42 Å². The van der Waals surface area contributed by atoms with E-state index < -0.39 is 15.5 Å². The minimum atomic E-state index is -3.08. The molecule has 17 heavy (non-hydrogen) atoms. The largest absolute Gasteiger partial charge is 0.331 e. The van der Waals surface area contributed by atoms with Gasteiger partial charge in [-0.2, -0.15) is 0 Å². The van der Waals surface area contributed by atoms with Gasteiger partial charge in [0.15, 0.2) is 0 Å². The Morgan fingerprint density at radius 3 is 2.00 bits per heavy atom. The lowest BCUT2D eigenvalue weighted by Crippen LogP contribution is -2.35. The fourth-order valence-corrected chi connectivity index (χ4v) is 3.05.